The molecule has 6 heteroatoms. The van der Waals surface area contributed by atoms with Crippen LogP contribution in [0.2, 0.25) is 4.34 Å². The summed E-state index contributed by atoms with van der Waals surface area (Å²) in [6.45, 7) is 2.69. The third kappa shape index (κ3) is 3.29. The molecule has 1 aromatic carbocycles. The first kappa shape index (κ1) is 16.9. The van der Waals surface area contributed by atoms with Crippen molar-refractivity contribution in [3.05, 3.63) is 52.4 Å². The summed E-state index contributed by atoms with van der Waals surface area (Å²) in [5, 5.41) is 10.0. The first-order chi connectivity index (χ1) is 11.6. The van der Waals surface area contributed by atoms with Crippen LogP contribution in [0.1, 0.15) is 17.3 Å². The number of carbonyl (C=O) groups is 1. The number of para-hydroxylation sites is 1. The van der Waals surface area contributed by atoms with Gasteiger partial charge in [-0.15, -0.1) is 11.3 Å². The minimum absolute atomic E-state index is 0.0595. The molecule has 1 N–H and O–H groups in total. The maximum atomic E-state index is 12.9. The van der Waals surface area contributed by atoms with E-state index in [1.807, 2.05) is 49.4 Å². The molecule has 24 heavy (non-hydrogen) atoms. The zero-order chi connectivity index (χ0) is 17.1. The monoisotopic (exact) mass is 360 g/mol. The minimum Gasteiger partial charge on any atom is -0.395 e. The number of aliphatic hydroxyl groups excluding tert-OH is 1. The number of carbonyl (C=O) groups excluding carboxylic acids is 1. The molecule has 0 bridgehead atoms. The third-order valence-electron chi connectivity index (χ3n) is 3.81. The summed E-state index contributed by atoms with van der Waals surface area (Å²) in [5.41, 5.74) is 2.09. The molecule has 0 saturated heterocycles. The van der Waals surface area contributed by atoms with Gasteiger partial charge in [-0.05, 0) is 31.2 Å². The van der Waals surface area contributed by atoms with Gasteiger partial charge in [-0.2, -0.15) is 0 Å². The van der Waals surface area contributed by atoms with E-state index in [4.69, 9.17) is 11.6 Å². The Balaban J connectivity index is 2.16. The van der Waals surface area contributed by atoms with Gasteiger partial charge in [0.1, 0.15) is 0 Å². The predicted molar refractivity (Wildman–Crippen MR) is 98.7 cm³/mol. The van der Waals surface area contributed by atoms with Gasteiger partial charge in [0.15, 0.2) is 0 Å². The molecule has 4 nitrogen and oxygen atoms in total. The van der Waals surface area contributed by atoms with Crippen LogP contribution >= 0.6 is 22.9 Å². The number of amides is 1. The topological polar surface area (TPSA) is 53.4 Å². The fraction of sp³-hybridized carbons (Fsp3) is 0.222. The Kier molecular flexibility index (Phi) is 5.14. The number of aromatic nitrogens is 1. The van der Waals surface area contributed by atoms with Gasteiger partial charge < -0.3 is 10.0 Å². The summed E-state index contributed by atoms with van der Waals surface area (Å²) in [5.74, 6) is -0.103. The van der Waals surface area contributed by atoms with Crippen molar-refractivity contribution in [2.45, 2.75) is 6.92 Å². The molecule has 0 saturated carbocycles. The van der Waals surface area contributed by atoms with Gasteiger partial charge in [0.25, 0.3) is 5.91 Å². The Morgan fingerprint density at radius 1 is 1.29 bits per heavy atom. The van der Waals surface area contributed by atoms with Crippen molar-refractivity contribution in [2.24, 2.45) is 0 Å². The summed E-state index contributed by atoms with van der Waals surface area (Å²) < 4.78 is 0.684. The number of hydrogen-bond donors (Lipinski definition) is 1. The van der Waals surface area contributed by atoms with E-state index < -0.39 is 0 Å². The number of rotatable bonds is 5. The second-order valence-corrected chi connectivity index (χ2v) is 7.00. The molecule has 0 atom stereocenters. The number of hydrogen-bond acceptors (Lipinski definition) is 4. The molecule has 2 heterocycles. The molecule has 0 aliphatic rings. The highest BCUT2D eigenvalue weighted by molar-refractivity contribution is 7.19. The van der Waals surface area contributed by atoms with Crippen molar-refractivity contribution in [2.75, 3.05) is 19.7 Å². The van der Waals surface area contributed by atoms with Crippen LogP contribution in [0.15, 0.2) is 42.5 Å². The van der Waals surface area contributed by atoms with E-state index in [0.717, 1.165) is 21.5 Å². The molecular weight excluding hydrogens is 344 g/mol. The molecule has 3 rings (SSSR count). The number of aliphatic hydroxyl groups is 1. The molecule has 0 radical (unpaired) electrons. The van der Waals surface area contributed by atoms with E-state index in [-0.39, 0.29) is 12.5 Å². The third-order valence-corrected chi connectivity index (χ3v) is 5.06. The highest BCUT2D eigenvalue weighted by Gasteiger charge is 2.19. The largest absolute Gasteiger partial charge is 0.395 e. The highest BCUT2D eigenvalue weighted by atomic mass is 35.5. The maximum absolute atomic E-state index is 12.9. The second-order valence-electron chi connectivity index (χ2n) is 5.28. The van der Waals surface area contributed by atoms with Crippen molar-refractivity contribution in [1.29, 1.82) is 0 Å². The Hall–Kier alpha value is -1.95. The van der Waals surface area contributed by atoms with Crippen LogP contribution in [0.25, 0.3) is 21.5 Å². The SMILES string of the molecule is CCN(CCO)C(=O)c1cc(-c2ccc(Cl)s2)nc2ccccc12. The van der Waals surface area contributed by atoms with Crippen LogP contribution in [0.5, 0.6) is 0 Å². The number of likely N-dealkylation sites (N-methyl/N-ethyl adjacent to an activating group) is 1. The summed E-state index contributed by atoms with van der Waals surface area (Å²) in [4.78, 5) is 20.2. The molecule has 0 aliphatic carbocycles. The Morgan fingerprint density at radius 3 is 2.75 bits per heavy atom. The van der Waals surface area contributed by atoms with Gasteiger partial charge in [-0.25, -0.2) is 4.98 Å². The molecular formula is C18H17ClN2O2S. The van der Waals surface area contributed by atoms with Crippen LogP contribution < -0.4 is 0 Å². The second kappa shape index (κ2) is 7.30. The van der Waals surface area contributed by atoms with Gasteiger partial charge in [0, 0.05) is 18.5 Å². The Labute approximate surface area is 149 Å². The minimum atomic E-state index is -0.103. The van der Waals surface area contributed by atoms with Gasteiger partial charge in [0.05, 0.1) is 32.6 Å². The zero-order valence-corrected chi connectivity index (χ0v) is 14.8. The molecule has 0 spiro atoms. The van der Waals surface area contributed by atoms with E-state index in [1.54, 1.807) is 4.90 Å². The average molecular weight is 361 g/mol. The van der Waals surface area contributed by atoms with Crippen LogP contribution in [-0.2, 0) is 0 Å². The first-order valence-corrected chi connectivity index (χ1v) is 8.89. The number of fused-ring (bicyclic) bond motifs is 1. The molecule has 3 aromatic rings. The quantitative estimate of drug-likeness (QED) is 0.746. The lowest BCUT2D eigenvalue weighted by molar-refractivity contribution is 0.0734. The van der Waals surface area contributed by atoms with Crippen molar-refractivity contribution in [3.63, 3.8) is 0 Å². The Bertz CT molecular complexity index is 878. The molecule has 2 aromatic heterocycles. The lowest BCUT2D eigenvalue weighted by Crippen LogP contribution is -2.33. The molecule has 0 aliphatic heterocycles. The summed E-state index contributed by atoms with van der Waals surface area (Å²) in [7, 11) is 0. The zero-order valence-electron chi connectivity index (χ0n) is 13.2. The molecule has 0 fully saturated rings. The van der Waals surface area contributed by atoms with Gasteiger partial charge >= 0.3 is 0 Å². The van der Waals surface area contributed by atoms with Crippen LogP contribution in [0.3, 0.4) is 0 Å². The molecule has 1 amide bonds. The van der Waals surface area contributed by atoms with E-state index in [1.165, 1.54) is 11.3 Å². The number of benzene rings is 1. The van der Waals surface area contributed by atoms with Gasteiger partial charge in [-0.3, -0.25) is 4.79 Å². The van der Waals surface area contributed by atoms with Crippen molar-refractivity contribution >= 4 is 39.7 Å². The summed E-state index contributed by atoms with van der Waals surface area (Å²) in [6, 6.07) is 13.1. The molecule has 124 valence electrons. The van der Waals surface area contributed by atoms with Gasteiger partial charge in [0.2, 0.25) is 0 Å². The fourth-order valence-corrected chi connectivity index (χ4v) is 3.63. The van der Waals surface area contributed by atoms with Crippen LogP contribution in [-0.4, -0.2) is 40.6 Å². The van der Waals surface area contributed by atoms with Crippen molar-refractivity contribution in [1.82, 2.24) is 9.88 Å². The Morgan fingerprint density at radius 2 is 2.08 bits per heavy atom. The van der Waals surface area contributed by atoms with E-state index in [9.17, 15) is 9.90 Å². The van der Waals surface area contributed by atoms with Crippen molar-refractivity contribution < 1.29 is 9.90 Å². The van der Waals surface area contributed by atoms with Crippen LogP contribution in [0, 0.1) is 0 Å². The lowest BCUT2D eigenvalue weighted by Gasteiger charge is -2.21. The predicted octanol–water partition coefficient (Wildman–Crippen LogP) is 4.07. The first-order valence-electron chi connectivity index (χ1n) is 7.69. The molecule has 0 unspecified atom stereocenters. The number of halogens is 1. The summed E-state index contributed by atoms with van der Waals surface area (Å²) >= 11 is 7.47. The maximum Gasteiger partial charge on any atom is 0.254 e. The highest BCUT2D eigenvalue weighted by Crippen LogP contribution is 2.32. The summed E-state index contributed by atoms with van der Waals surface area (Å²) in [6.07, 6.45) is 0. The lowest BCUT2D eigenvalue weighted by atomic mass is 10.1. The number of thiophene rings is 1. The smallest absolute Gasteiger partial charge is 0.254 e. The van der Waals surface area contributed by atoms with E-state index >= 15 is 0 Å². The van der Waals surface area contributed by atoms with E-state index in [0.29, 0.717) is 23.0 Å². The van der Waals surface area contributed by atoms with Crippen molar-refractivity contribution in [3.8, 4) is 10.6 Å². The number of nitrogens with zero attached hydrogens (tertiary/aromatic N) is 2. The average Bonchev–Trinajstić information content (AvgIpc) is 3.04. The standard InChI is InChI=1S/C18H17ClN2O2S/c1-2-21(9-10-22)18(23)13-11-15(16-7-8-17(19)24-16)20-14-6-4-3-5-12(13)14/h3-8,11,22H,2,9-10H2,1H3. The normalized spacial score (nSPS) is 11.0. The fourth-order valence-electron chi connectivity index (χ4n) is 2.62. The number of pyridine rings is 1. The van der Waals surface area contributed by atoms with Crippen LogP contribution in [0.4, 0.5) is 0 Å². The van der Waals surface area contributed by atoms with E-state index in [2.05, 4.69) is 4.98 Å². The van der Waals surface area contributed by atoms with Gasteiger partial charge in [-0.1, -0.05) is 29.8 Å².